The fourth-order valence-corrected chi connectivity index (χ4v) is 4.07. The van der Waals surface area contributed by atoms with E-state index >= 15 is 0 Å². The smallest absolute Gasteiger partial charge is 0.176 e. The summed E-state index contributed by atoms with van der Waals surface area (Å²) in [7, 11) is 0. The standard InChI is InChI=1S/C20H33N3O7/c1-9(24)18-17(28)15(26)13(22)20(29-18)30-19-11(21)7-12(14(25)16(19)27)23-8-10-5-3-2-4-6-10/h2-6,9,11-20,23-28H,7-8,21-22H2,1H3/t9?,11?,12?,13?,14-,15?,16-,17+,18?,19-,20-/m1/s1. The summed E-state index contributed by atoms with van der Waals surface area (Å²) < 4.78 is 11.3. The highest BCUT2D eigenvalue weighted by Crippen LogP contribution is 2.28. The fourth-order valence-electron chi connectivity index (χ4n) is 4.07. The van der Waals surface area contributed by atoms with Gasteiger partial charge in [-0.05, 0) is 18.9 Å². The Morgan fingerprint density at radius 3 is 2.37 bits per heavy atom. The highest BCUT2D eigenvalue weighted by atomic mass is 16.7. The summed E-state index contributed by atoms with van der Waals surface area (Å²) in [6.07, 6.45) is -9.39. The number of ether oxygens (including phenoxy) is 2. The lowest BCUT2D eigenvalue weighted by molar-refractivity contribution is -0.301. The molecule has 10 heteroatoms. The number of benzene rings is 1. The molecule has 1 aliphatic heterocycles. The molecule has 0 spiro atoms. The second-order valence-electron chi connectivity index (χ2n) is 8.22. The molecule has 170 valence electrons. The monoisotopic (exact) mass is 427 g/mol. The van der Waals surface area contributed by atoms with Gasteiger partial charge < -0.3 is 51.8 Å². The van der Waals surface area contributed by atoms with Gasteiger partial charge >= 0.3 is 0 Å². The van der Waals surface area contributed by atoms with E-state index in [0.29, 0.717) is 13.0 Å². The molecule has 1 saturated carbocycles. The first-order chi connectivity index (χ1) is 14.2. The van der Waals surface area contributed by atoms with E-state index in [1.165, 1.54) is 6.92 Å². The minimum Gasteiger partial charge on any atom is -0.391 e. The predicted molar refractivity (Wildman–Crippen MR) is 107 cm³/mol. The molecule has 10 nitrogen and oxygen atoms in total. The number of aliphatic hydroxyl groups excluding tert-OH is 5. The van der Waals surface area contributed by atoms with Crippen LogP contribution in [-0.4, -0.2) is 92.7 Å². The van der Waals surface area contributed by atoms with Crippen molar-refractivity contribution < 1.29 is 35.0 Å². The Bertz CT molecular complexity index is 667. The van der Waals surface area contributed by atoms with Gasteiger partial charge in [0.2, 0.25) is 0 Å². The summed E-state index contributed by atoms with van der Waals surface area (Å²) >= 11 is 0. The molecule has 6 unspecified atom stereocenters. The molecule has 3 rings (SSSR count). The summed E-state index contributed by atoms with van der Waals surface area (Å²) in [6, 6.07) is 7.41. The van der Waals surface area contributed by atoms with Crippen molar-refractivity contribution in [2.75, 3.05) is 0 Å². The zero-order chi connectivity index (χ0) is 22.0. The van der Waals surface area contributed by atoms with Crippen LogP contribution >= 0.6 is 0 Å². The lowest BCUT2D eigenvalue weighted by Gasteiger charge is -2.47. The second-order valence-corrected chi connectivity index (χ2v) is 8.22. The van der Waals surface area contributed by atoms with Crippen molar-refractivity contribution >= 4 is 0 Å². The molecule has 10 N–H and O–H groups in total. The van der Waals surface area contributed by atoms with Crippen LogP contribution in [0.2, 0.25) is 0 Å². The molecule has 1 aromatic carbocycles. The van der Waals surface area contributed by atoms with Gasteiger partial charge in [-0.25, -0.2) is 0 Å². The van der Waals surface area contributed by atoms with Crippen LogP contribution in [0, 0.1) is 0 Å². The number of nitrogens with two attached hydrogens (primary N) is 2. The van der Waals surface area contributed by atoms with Gasteiger partial charge in [0.25, 0.3) is 0 Å². The van der Waals surface area contributed by atoms with Crippen molar-refractivity contribution in [2.24, 2.45) is 11.5 Å². The Balaban J connectivity index is 1.63. The molecule has 30 heavy (non-hydrogen) atoms. The SMILES string of the molecule is CC(O)C1O[C@H](O[C@@H]2C(N)CC(NCc3ccccc3)[C@@H](O)[C@H]2O)C(N)C(O)[C@@H]1O. The third-order valence-electron chi connectivity index (χ3n) is 5.91. The zero-order valence-electron chi connectivity index (χ0n) is 16.9. The molecule has 1 saturated heterocycles. The lowest BCUT2D eigenvalue weighted by atomic mass is 9.84. The quantitative estimate of drug-likeness (QED) is 0.235. The van der Waals surface area contributed by atoms with Crippen LogP contribution < -0.4 is 16.8 Å². The molecule has 0 radical (unpaired) electrons. The Morgan fingerprint density at radius 2 is 1.73 bits per heavy atom. The topological polar surface area (TPSA) is 184 Å². The summed E-state index contributed by atoms with van der Waals surface area (Å²) in [4.78, 5) is 0. The van der Waals surface area contributed by atoms with Crippen molar-refractivity contribution in [1.82, 2.24) is 5.32 Å². The van der Waals surface area contributed by atoms with Gasteiger partial charge in [0.05, 0.1) is 18.2 Å². The maximum absolute atomic E-state index is 10.6. The van der Waals surface area contributed by atoms with Gasteiger partial charge in [0.15, 0.2) is 6.29 Å². The number of nitrogens with one attached hydrogen (secondary N) is 1. The predicted octanol–water partition coefficient (Wildman–Crippen LogP) is -2.86. The molecule has 1 aromatic rings. The van der Waals surface area contributed by atoms with Crippen molar-refractivity contribution in [3.63, 3.8) is 0 Å². The highest BCUT2D eigenvalue weighted by Gasteiger charge is 2.49. The van der Waals surface area contributed by atoms with Crippen molar-refractivity contribution in [3.8, 4) is 0 Å². The number of aliphatic hydroxyl groups is 5. The molecule has 0 bridgehead atoms. The van der Waals surface area contributed by atoms with Gasteiger partial charge in [-0.1, -0.05) is 30.3 Å². The Kier molecular flexibility index (Phi) is 7.80. The van der Waals surface area contributed by atoms with Crippen LogP contribution in [-0.2, 0) is 16.0 Å². The molecule has 0 aromatic heterocycles. The third-order valence-corrected chi connectivity index (χ3v) is 5.91. The van der Waals surface area contributed by atoms with Crippen LogP contribution in [0.3, 0.4) is 0 Å². The van der Waals surface area contributed by atoms with E-state index in [2.05, 4.69) is 5.32 Å². The van der Waals surface area contributed by atoms with Crippen LogP contribution in [0.4, 0.5) is 0 Å². The molecule has 0 amide bonds. The van der Waals surface area contributed by atoms with Gasteiger partial charge in [-0.15, -0.1) is 0 Å². The van der Waals surface area contributed by atoms with Crippen molar-refractivity contribution in [2.45, 2.75) is 87.0 Å². The van der Waals surface area contributed by atoms with Crippen LogP contribution in [0.15, 0.2) is 30.3 Å². The van der Waals surface area contributed by atoms with Crippen LogP contribution in [0.25, 0.3) is 0 Å². The average molecular weight is 427 g/mol. The van der Waals surface area contributed by atoms with E-state index < -0.39 is 67.1 Å². The minimum absolute atomic E-state index is 0.322. The Morgan fingerprint density at radius 1 is 1.07 bits per heavy atom. The van der Waals surface area contributed by atoms with Gasteiger partial charge in [-0.3, -0.25) is 0 Å². The maximum atomic E-state index is 10.6. The van der Waals surface area contributed by atoms with Crippen LogP contribution in [0.1, 0.15) is 18.9 Å². The molecule has 1 heterocycles. The first-order valence-corrected chi connectivity index (χ1v) is 10.2. The summed E-state index contributed by atoms with van der Waals surface area (Å²) in [5.41, 5.74) is 13.2. The molecular formula is C20H33N3O7. The number of hydrogen-bond acceptors (Lipinski definition) is 10. The van der Waals surface area contributed by atoms with E-state index in [4.69, 9.17) is 20.9 Å². The Hall–Kier alpha value is -1.18. The third kappa shape index (κ3) is 5.00. The highest BCUT2D eigenvalue weighted by molar-refractivity contribution is 5.14. The fraction of sp³-hybridized carbons (Fsp3) is 0.700. The first kappa shape index (κ1) is 23.5. The lowest BCUT2D eigenvalue weighted by Crippen LogP contribution is -2.68. The maximum Gasteiger partial charge on any atom is 0.176 e. The van der Waals surface area contributed by atoms with Crippen LogP contribution in [0.5, 0.6) is 0 Å². The Labute approximate surface area is 175 Å². The average Bonchev–Trinajstić information content (AvgIpc) is 2.73. The number of rotatable bonds is 6. The molecule has 1 aliphatic carbocycles. The molecule has 2 fully saturated rings. The largest absolute Gasteiger partial charge is 0.391 e. The molecule has 11 atom stereocenters. The normalized spacial score (nSPS) is 43.3. The first-order valence-electron chi connectivity index (χ1n) is 10.2. The van der Waals surface area contributed by atoms with Gasteiger partial charge in [0.1, 0.15) is 30.5 Å². The van der Waals surface area contributed by atoms with Gasteiger partial charge in [0, 0.05) is 18.6 Å². The number of hydrogen-bond donors (Lipinski definition) is 8. The summed E-state index contributed by atoms with van der Waals surface area (Å²) in [5.74, 6) is 0. The van der Waals surface area contributed by atoms with E-state index in [1.807, 2.05) is 30.3 Å². The van der Waals surface area contributed by atoms with Crippen molar-refractivity contribution in [3.05, 3.63) is 35.9 Å². The summed E-state index contributed by atoms with van der Waals surface area (Å²) in [6.45, 7) is 1.91. The van der Waals surface area contributed by atoms with Gasteiger partial charge in [-0.2, -0.15) is 0 Å². The van der Waals surface area contributed by atoms with E-state index in [0.717, 1.165) is 5.56 Å². The zero-order valence-corrected chi connectivity index (χ0v) is 16.9. The summed E-state index contributed by atoms with van der Waals surface area (Å²) in [5, 5.41) is 54.4. The minimum atomic E-state index is -1.40. The van der Waals surface area contributed by atoms with E-state index in [9.17, 15) is 25.5 Å². The molecular weight excluding hydrogens is 394 g/mol. The van der Waals surface area contributed by atoms with E-state index in [1.54, 1.807) is 0 Å². The van der Waals surface area contributed by atoms with Crippen molar-refractivity contribution in [1.29, 1.82) is 0 Å². The molecule has 2 aliphatic rings. The van der Waals surface area contributed by atoms with E-state index in [-0.39, 0.29) is 0 Å². The second kappa shape index (κ2) is 9.96.